The number of alkyl halides is 3. The Morgan fingerprint density at radius 1 is 1.19 bits per heavy atom. The van der Waals surface area contributed by atoms with Gasteiger partial charge < -0.3 is 14.0 Å². The normalized spacial score (nSPS) is 17.8. The van der Waals surface area contributed by atoms with Crippen molar-refractivity contribution in [1.82, 2.24) is 19.5 Å². The Labute approximate surface area is 181 Å². The maximum Gasteiger partial charge on any atom is 0.406 e. The van der Waals surface area contributed by atoms with Crippen LogP contribution in [0.2, 0.25) is 0 Å². The molecule has 3 heterocycles. The van der Waals surface area contributed by atoms with Crippen LogP contribution in [0.4, 0.5) is 13.2 Å². The smallest absolute Gasteiger partial charge is 0.406 e. The quantitative estimate of drug-likeness (QED) is 0.550. The molecule has 1 aliphatic carbocycles. The number of ether oxygens (including phenoxy) is 2. The van der Waals surface area contributed by atoms with E-state index >= 15 is 0 Å². The van der Waals surface area contributed by atoms with E-state index in [0.717, 1.165) is 24.4 Å². The molecule has 0 amide bonds. The molecule has 10 heteroatoms. The molecule has 0 radical (unpaired) electrons. The van der Waals surface area contributed by atoms with E-state index < -0.39 is 18.3 Å². The van der Waals surface area contributed by atoms with Crippen molar-refractivity contribution in [1.29, 1.82) is 0 Å². The predicted octanol–water partition coefficient (Wildman–Crippen LogP) is 3.76. The maximum absolute atomic E-state index is 12.6. The van der Waals surface area contributed by atoms with E-state index in [9.17, 15) is 18.0 Å². The molecule has 0 bridgehead atoms. The van der Waals surface area contributed by atoms with Crippen molar-refractivity contribution >= 4 is 0 Å². The van der Waals surface area contributed by atoms with Crippen LogP contribution >= 0.6 is 0 Å². The summed E-state index contributed by atoms with van der Waals surface area (Å²) >= 11 is 0. The van der Waals surface area contributed by atoms with Crippen LogP contribution in [0.25, 0.3) is 11.1 Å². The van der Waals surface area contributed by atoms with Gasteiger partial charge in [0.2, 0.25) is 5.88 Å². The molecule has 32 heavy (non-hydrogen) atoms. The number of methoxy groups -OCH3 is 1. The molecule has 0 aromatic carbocycles. The summed E-state index contributed by atoms with van der Waals surface area (Å²) in [5.74, 6) is 2.01. The first-order valence-electron chi connectivity index (χ1n) is 9.97. The van der Waals surface area contributed by atoms with Gasteiger partial charge in [-0.3, -0.25) is 9.78 Å². The average Bonchev–Trinajstić information content (AvgIpc) is 3.53. The molecule has 0 N–H and O–H groups in total. The first kappa shape index (κ1) is 21.8. The Morgan fingerprint density at radius 3 is 2.66 bits per heavy atom. The summed E-state index contributed by atoms with van der Waals surface area (Å²) in [5, 5.41) is 0. The Hall–Kier alpha value is -3.43. The number of aryl methyl sites for hydroxylation is 1. The van der Waals surface area contributed by atoms with Gasteiger partial charge in [-0.15, -0.1) is 0 Å². The van der Waals surface area contributed by atoms with Crippen LogP contribution in [-0.4, -0.2) is 39.4 Å². The van der Waals surface area contributed by atoms with Gasteiger partial charge in [-0.2, -0.15) is 18.2 Å². The summed E-state index contributed by atoms with van der Waals surface area (Å²) in [7, 11) is 1.59. The minimum Gasteiger partial charge on any atom is -0.495 e. The summed E-state index contributed by atoms with van der Waals surface area (Å²) in [6.45, 7) is 0.758. The zero-order valence-electron chi connectivity index (χ0n) is 17.5. The molecule has 3 aromatic heterocycles. The zero-order chi connectivity index (χ0) is 22.9. The molecule has 0 saturated heterocycles. The van der Waals surface area contributed by atoms with Crippen LogP contribution in [0.3, 0.4) is 0 Å². The molecule has 4 rings (SSSR count). The van der Waals surface area contributed by atoms with Crippen LogP contribution in [0.15, 0.2) is 47.7 Å². The number of rotatable bonds is 7. The predicted molar refractivity (Wildman–Crippen MR) is 110 cm³/mol. The van der Waals surface area contributed by atoms with Gasteiger partial charge in [0, 0.05) is 36.0 Å². The molecule has 0 unspecified atom stereocenters. The number of pyridine rings is 2. The first-order valence-corrected chi connectivity index (χ1v) is 9.97. The lowest BCUT2D eigenvalue weighted by Gasteiger charge is -2.13. The van der Waals surface area contributed by atoms with Crippen LogP contribution < -0.4 is 15.0 Å². The maximum atomic E-state index is 12.6. The van der Waals surface area contributed by atoms with Crippen LogP contribution in [0.5, 0.6) is 11.6 Å². The SMILES string of the molecule is COc1ccc([C@H]2C[C@@H]2COc2nc(C)ncc2-c2ccn(CC(F)(F)F)c(=O)c2)nc1. The molecule has 1 aliphatic rings. The monoisotopic (exact) mass is 446 g/mol. The highest BCUT2D eigenvalue weighted by atomic mass is 19.4. The zero-order valence-corrected chi connectivity index (χ0v) is 17.5. The largest absolute Gasteiger partial charge is 0.495 e. The van der Waals surface area contributed by atoms with Gasteiger partial charge in [-0.05, 0) is 37.1 Å². The summed E-state index contributed by atoms with van der Waals surface area (Å²) < 4.78 is 49.5. The third-order valence-corrected chi connectivity index (χ3v) is 5.26. The molecular weight excluding hydrogens is 425 g/mol. The molecule has 1 fully saturated rings. The van der Waals surface area contributed by atoms with Crippen LogP contribution in [-0.2, 0) is 6.54 Å². The fourth-order valence-electron chi connectivity index (χ4n) is 3.47. The van der Waals surface area contributed by atoms with E-state index in [1.165, 1.54) is 12.3 Å². The lowest BCUT2D eigenvalue weighted by atomic mass is 10.1. The van der Waals surface area contributed by atoms with Crippen molar-refractivity contribution in [3.63, 3.8) is 0 Å². The lowest BCUT2D eigenvalue weighted by molar-refractivity contribution is -0.141. The van der Waals surface area contributed by atoms with E-state index in [4.69, 9.17) is 9.47 Å². The Bertz CT molecular complexity index is 1160. The van der Waals surface area contributed by atoms with Gasteiger partial charge in [-0.25, -0.2) is 4.98 Å². The molecule has 1 saturated carbocycles. The van der Waals surface area contributed by atoms with Gasteiger partial charge in [0.05, 0.1) is 25.5 Å². The van der Waals surface area contributed by atoms with Gasteiger partial charge in [0.15, 0.2) is 0 Å². The number of aromatic nitrogens is 4. The second kappa shape index (κ2) is 8.60. The minimum atomic E-state index is -4.48. The summed E-state index contributed by atoms with van der Waals surface area (Å²) in [6.07, 6.45) is 0.744. The highest BCUT2D eigenvalue weighted by molar-refractivity contribution is 5.67. The van der Waals surface area contributed by atoms with Crippen molar-refractivity contribution < 1.29 is 22.6 Å². The van der Waals surface area contributed by atoms with Crippen molar-refractivity contribution in [2.24, 2.45) is 5.92 Å². The van der Waals surface area contributed by atoms with Crippen molar-refractivity contribution in [3.8, 4) is 22.8 Å². The average molecular weight is 446 g/mol. The van der Waals surface area contributed by atoms with E-state index in [2.05, 4.69) is 15.0 Å². The van der Waals surface area contributed by atoms with Gasteiger partial charge in [-0.1, -0.05) is 0 Å². The Morgan fingerprint density at radius 2 is 2.00 bits per heavy atom. The van der Waals surface area contributed by atoms with Crippen molar-refractivity contribution in [2.45, 2.75) is 32.0 Å². The van der Waals surface area contributed by atoms with Gasteiger partial charge >= 0.3 is 6.18 Å². The van der Waals surface area contributed by atoms with E-state index in [1.807, 2.05) is 12.1 Å². The molecule has 0 aliphatic heterocycles. The number of halogens is 3. The third kappa shape index (κ3) is 5.06. The standard InChI is InChI=1S/C22H21F3N4O3/c1-13-26-10-18(14-5-6-29(20(30)8-14)12-22(23,24)25)21(28-13)32-11-15-7-17(15)19-4-3-16(31-2)9-27-19/h3-6,8-10,15,17H,7,11-12H2,1-2H3/t15-,17+/m1/s1. The minimum absolute atomic E-state index is 0.263. The second-order valence-corrected chi connectivity index (χ2v) is 7.67. The van der Waals surface area contributed by atoms with E-state index in [-0.39, 0.29) is 11.8 Å². The molecule has 3 aromatic rings. The van der Waals surface area contributed by atoms with Crippen molar-refractivity contribution in [2.75, 3.05) is 13.7 Å². The summed E-state index contributed by atoms with van der Waals surface area (Å²) in [6, 6.07) is 6.36. The fraction of sp³-hybridized carbons (Fsp3) is 0.364. The van der Waals surface area contributed by atoms with Crippen LogP contribution in [0, 0.1) is 12.8 Å². The fourth-order valence-corrected chi connectivity index (χ4v) is 3.47. The summed E-state index contributed by atoms with van der Waals surface area (Å²) in [5.41, 5.74) is 1.05. The number of hydrogen-bond donors (Lipinski definition) is 0. The highest BCUT2D eigenvalue weighted by Gasteiger charge is 2.40. The van der Waals surface area contributed by atoms with Crippen LogP contribution in [0.1, 0.15) is 23.9 Å². The molecular formula is C22H21F3N4O3. The number of hydrogen-bond acceptors (Lipinski definition) is 6. The lowest BCUT2D eigenvalue weighted by Crippen LogP contribution is -2.27. The first-order chi connectivity index (χ1) is 15.2. The molecule has 0 spiro atoms. The highest BCUT2D eigenvalue weighted by Crippen LogP contribution is 2.47. The molecule has 2 atom stereocenters. The van der Waals surface area contributed by atoms with E-state index in [0.29, 0.717) is 39.8 Å². The number of nitrogens with zero attached hydrogens (tertiary/aromatic N) is 4. The summed E-state index contributed by atoms with van der Waals surface area (Å²) in [4.78, 5) is 25.0. The van der Waals surface area contributed by atoms with Crippen molar-refractivity contribution in [3.05, 3.63) is 64.7 Å². The Kier molecular flexibility index (Phi) is 5.86. The topological polar surface area (TPSA) is 79.1 Å². The molecule has 7 nitrogen and oxygen atoms in total. The van der Waals surface area contributed by atoms with Gasteiger partial charge in [0.1, 0.15) is 18.1 Å². The molecule has 168 valence electrons. The second-order valence-electron chi connectivity index (χ2n) is 7.67. The third-order valence-electron chi connectivity index (χ3n) is 5.26. The van der Waals surface area contributed by atoms with E-state index in [1.54, 1.807) is 20.2 Å². The Balaban J connectivity index is 1.48. The van der Waals surface area contributed by atoms with Gasteiger partial charge in [0.25, 0.3) is 5.56 Å².